The molecule has 0 bridgehead atoms. The summed E-state index contributed by atoms with van der Waals surface area (Å²) in [5.41, 5.74) is 0. The van der Waals surface area contributed by atoms with Crippen molar-refractivity contribution in [2.75, 3.05) is 6.61 Å². The van der Waals surface area contributed by atoms with E-state index in [0.29, 0.717) is 0 Å². The van der Waals surface area contributed by atoms with E-state index in [9.17, 15) is 9.59 Å². The second kappa shape index (κ2) is 6.22. The van der Waals surface area contributed by atoms with Gasteiger partial charge in [-0.3, -0.25) is 4.79 Å². The molecule has 0 aliphatic heterocycles. The number of hydrogen-bond donors (Lipinski definition) is 1. The predicted octanol–water partition coefficient (Wildman–Crippen LogP) is 1.36. The minimum absolute atomic E-state index is 0.269. The Morgan fingerprint density at radius 3 is 2.54 bits per heavy atom. The summed E-state index contributed by atoms with van der Waals surface area (Å²) in [6.45, 7) is 3.47. The number of hydrogen-bond acceptors (Lipinski definition) is 4. The Kier molecular flexibility index (Phi) is 5.59. The highest BCUT2D eigenvalue weighted by Crippen LogP contribution is 1.96. The fraction of sp³-hybridized carbons (Fsp3) is 0.556. The van der Waals surface area contributed by atoms with E-state index in [0.717, 1.165) is 18.9 Å². The van der Waals surface area contributed by atoms with Crippen molar-refractivity contribution < 1.29 is 19.4 Å². The van der Waals surface area contributed by atoms with Gasteiger partial charge in [0.15, 0.2) is 5.78 Å². The summed E-state index contributed by atoms with van der Waals surface area (Å²) in [6, 6.07) is 0. The monoisotopic (exact) mass is 186 g/mol. The molecule has 0 amide bonds. The maximum absolute atomic E-state index is 10.9. The van der Waals surface area contributed by atoms with Crippen LogP contribution in [-0.2, 0) is 14.3 Å². The van der Waals surface area contributed by atoms with E-state index in [2.05, 4.69) is 4.74 Å². The van der Waals surface area contributed by atoms with E-state index < -0.39 is 11.7 Å². The van der Waals surface area contributed by atoms with Crippen molar-refractivity contribution >= 4 is 11.8 Å². The molecule has 13 heavy (non-hydrogen) atoms. The first kappa shape index (κ1) is 11.7. The number of carbonyl (C=O) groups excluding carboxylic acids is 2. The van der Waals surface area contributed by atoms with Crippen molar-refractivity contribution in [2.24, 2.45) is 0 Å². The Hall–Kier alpha value is -1.32. The quantitative estimate of drug-likeness (QED) is 0.305. The summed E-state index contributed by atoms with van der Waals surface area (Å²) in [5, 5.41) is 8.95. The number of ether oxygens (including phenoxy) is 1. The average Bonchev–Trinajstić information content (AvgIpc) is 2.03. The molecule has 0 spiro atoms. The first-order valence-corrected chi connectivity index (χ1v) is 4.16. The molecule has 4 heteroatoms. The average molecular weight is 186 g/mol. The third-order valence-electron chi connectivity index (χ3n) is 1.28. The van der Waals surface area contributed by atoms with Crippen molar-refractivity contribution in [1.29, 1.82) is 0 Å². The Morgan fingerprint density at radius 2 is 2.08 bits per heavy atom. The van der Waals surface area contributed by atoms with Crippen LogP contribution in [0.3, 0.4) is 0 Å². The maximum Gasteiger partial charge on any atom is 0.373 e. The lowest BCUT2D eigenvalue weighted by Crippen LogP contribution is -2.09. The van der Waals surface area contributed by atoms with Gasteiger partial charge in [0.25, 0.3) is 0 Å². The smallest absolute Gasteiger partial charge is 0.373 e. The topological polar surface area (TPSA) is 63.6 Å². The van der Waals surface area contributed by atoms with Gasteiger partial charge in [0.1, 0.15) is 0 Å². The first-order valence-electron chi connectivity index (χ1n) is 4.16. The van der Waals surface area contributed by atoms with Crippen LogP contribution in [0.15, 0.2) is 11.8 Å². The van der Waals surface area contributed by atoms with Gasteiger partial charge >= 0.3 is 5.97 Å². The third-order valence-corrected chi connectivity index (χ3v) is 1.28. The summed E-state index contributed by atoms with van der Waals surface area (Å²) in [5.74, 6) is -1.86. The summed E-state index contributed by atoms with van der Waals surface area (Å²) >= 11 is 0. The standard InChI is InChI=1S/C9H14O4/c1-3-4-5-13-9(12)8(11)6-7(2)10/h6,11H,3-5H2,1-2H3/b8-6-. The number of ketones is 1. The SMILES string of the molecule is CCCCOC(=O)/C(O)=C/C(C)=O. The molecule has 1 N–H and O–H groups in total. The van der Waals surface area contributed by atoms with E-state index in [1.807, 2.05) is 6.92 Å². The van der Waals surface area contributed by atoms with Crippen LogP contribution in [0.5, 0.6) is 0 Å². The van der Waals surface area contributed by atoms with Gasteiger partial charge in [0, 0.05) is 6.08 Å². The van der Waals surface area contributed by atoms with Crippen LogP contribution >= 0.6 is 0 Å². The van der Waals surface area contributed by atoms with Gasteiger partial charge < -0.3 is 9.84 Å². The first-order chi connectivity index (χ1) is 6.07. The van der Waals surface area contributed by atoms with Gasteiger partial charge in [-0.05, 0) is 13.3 Å². The minimum Gasteiger partial charge on any atom is -0.502 e. The highest BCUT2D eigenvalue weighted by atomic mass is 16.5. The zero-order chi connectivity index (χ0) is 10.3. The lowest BCUT2D eigenvalue weighted by molar-refractivity contribution is -0.142. The van der Waals surface area contributed by atoms with Crippen LogP contribution in [0.1, 0.15) is 26.7 Å². The van der Waals surface area contributed by atoms with Crippen molar-refractivity contribution in [3.63, 3.8) is 0 Å². The van der Waals surface area contributed by atoms with E-state index in [-0.39, 0.29) is 12.4 Å². The Labute approximate surface area is 77.2 Å². The molecule has 0 unspecified atom stereocenters. The van der Waals surface area contributed by atoms with Crippen molar-refractivity contribution in [2.45, 2.75) is 26.7 Å². The fourth-order valence-corrected chi connectivity index (χ4v) is 0.635. The number of esters is 1. The van der Waals surface area contributed by atoms with E-state index in [1.165, 1.54) is 6.92 Å². The van der Waals surface area contributed by atoms with Crippen molar-refractivity contribution in [3.8, 4) is 0 Å². The molecule has 0 aromatic carbocycles. The van der Waals surface area contributed by atoms with Crippen LogP contribution in [0, 0.1) is 0 Å². The Bertz CT molecular complexity index is 218. The molecule has 0 rings (SSSR count). The Balaban J connectivity index is 3.90. The Morgan fingerprint density at radius 1 is 1.46 bits per heavy atom. The largest absolute Gasteiger partial charge is 0.502 e. The van der Waals surface area contributed by atoms with Gasteiger partial charge in [-0.25, -0.2) is 4.79 Å². The molecule has 4 nitrogen and oxygen atoms in total. The number of rotatable bonds is 5. The molecule has 0 radical (unpaired) electrons. The normalized spacial score (nSPS) is 11.1. The second-order valence-corrected chi connectivity index (χ2v) is 2.63. The summed E-state index contributed by atoms with van der Waals surface area (Å²) in [4.78, 5) is 21.3. The second-order valence-electron chi connectivity index (χ2n) is 2.63. The third kappa shape index (κ3) is 5.90. The maximum atomic E-state index is 10.9. The molecule has 0 heterocycles. The summed E-state index contributed by atoms with van der Waals surface area (Å²) in [7, 11) is 0. The molecule has 0 aromatic heterocycles. The molecule has 0 aliphatic carbocycles. The minimum atomic E-state index is -0.844. The number of allylic oxidation sites excluding steroid dienone is 1. The van der Waals surface area contributed by atoms with Crippen molar-refractivity contribution in [3.05, 3.63) is 11.8 Å². The summed E-state index contributed by atoms with van der Waals surface area (Å²) < 4.78 is 4.64. The zero-order valence-electron chi connectivity index (χ0n) is 7.87. The fourth-order valence-electron chi connectivity index (χ4n) is 0.635. The molecule has 0 saturated heterocycles. The zero-order valence-corrected chi connectivity index (χ0v) is 7.87. The lowest BCUT2D eigenvalue weighted by atomic mass is 10.3. The molecule has 0 saturated carbocycles. The molecule has 0 aromatic rings. The van der Waals surface area contributed by atoms with Crippen LogP contribution in [0.25, 0.3) is 0 Å². The predicted molar refractivity (Wildman–Crippen MR) is 47.3 cm³/mol. The van der Waals surface area contributed by atoms with Gasteiger partial charge in [0.2, 0.25) is 5.76 Å². The number of aliphatic hydroxyl groups is 1. The van der Waals surface area contributed by atoms with Gasteiger partial charge in [0.05, 0.1) is 6.61 Å². The van der Waals surface area contributed by atoms with E-state index >= 15 is 0 Å². The lowest BCUT2D eigenvalue weighted by Gasteiger charge is -2.01. The van der Waals surface area contributed by atoms with E-state index in [4.69, 9.17) is 5.11 Å². The molecule has 0 fully saturated rings. The molecular weight excluding hydrogens is 172 g/mol. The number of carbonyl (C=O) groups is 2. The van der Waals surface area contributed by atoms with Crippen LogP contribution < -0.4 is 0 Å². The molecular formula is C9H14O4. The highest BCUT2D eigenvalue weighted by Gasteiger charge is 2.08. The number of unbranched alkanes of at least 4 members (excludes halogenated alkanes) is 1. The van der Waals surface area contributed by atoms with Crippen LogP contribution in [0.4, 0.5) is 0 Å². The van der Waals surface area contributed by atoms with Crippen LogP contribution in [0.2, 0.25) is 0 Å². The van der Waals surface area contributed by atoms with Gasteiger partial charge in [-0.2, -0.15) is 0 Å². The summed E-state index contributed by atoms with van der Waals surface area (Å²) in [6.07, 6.45) is 2.50. The van der Waals surface area contributed by atoms with Gasteiger partial charge in [-0.1, -0.05) is 13.3 Å². The molecule has 0 atom stereocenters. The van der Waals surface area contributed by atoms with Crippen molar-refractivity contribution in [1.82, 2.24) is 0 Å². The molecule has 0 aliphatic rings. The molecule has 74 valence electrons. The van der Waals surface area contributed by atoms with E-state index in [1.54, 1.807) is 0 Å². The van der Waals surface area contributed by atoms with Crippen LogP contribution in [-0.4, -0.2) is 23.5 Å². The van der Waals surface area contributed by atoms with Gasteiger partial charge in [-0.15, -0.1) is 0 Å². The highest BCUT2D eigenvalue weighted by molar-refractivity contribution is 5.96. The number of aliphatic hydroxyl groups excluding tert-OH is 1.